The van der Waals surface area contributed by atoms with Gasteiger partial charge in [-0.15, -0.1) is 6.58 Å². The van der Waals surface area contributed by atoms with E-state index in [0.717, 1.165) is 11.3 Å². The van der Waals surface area contributed by atoms with Crippen molar-refractivity contribution in [2.24, 2.45) is 5.92 Å². The first kappa shape index (κ1) is 18.6. The Kier molecular flexibility index (Phi) is 8.77. The number of methoxy groups -OCH3 is 2. The Morgan fingerprint density at radius 1 is 1.23 bits per heavy atom. The first-order valence-corrected chi connectivity index (χ1v) is 7.24. The minimum atomic E-state index is -0.691. The van der Waals surface area contributed by atoms with E-state index in [1.165, 1.54) is 7.11 Å². The topological polar surface area (TPSA) is 57.2 Å². The first-order chi connectivity index (χ1) is 10.6. The standard InChI is InChI=1S/C17H26O5/c1-5-16(22-12-19-3)17(18)13(2)10-21-11-14-6-8-15(20-4)9-7-14/h5-9,13,16-18H,1,10-12H2,2-4H3/t13-,16+,17+/m0/s1. The number of aliphatic hydroxyl groups excluding tert-OH is 1. The summed E-state index contributed by atoms with van der Waals surface area (Å²) in [5.41, 5.74) is 1.05. The molecule has 0 amide bonds. The Morgan fingerprint density at radius 3 is 2.45 bits per heavy atom. The summed E-state index contributed by atoms with van der Waals surface area (Å²) in [6.07, 6.45) is 0.409. The monoisotopic (exact) mass is 310 g/mol. The van der Waals surface area contributed by atoms with Crippen molar-refractivity contribution in [3.63, 3.8) is 0 Å². The Hall–Kier alpha value is -1.40. The quantitative estimate of drug-likeness (QED) is 0.502. The van der Waals surface area contributed by atoms with Gasteiger partial charge in [0.05, 0.1) is 26.4 Å². The lowest BCUT2D eigenvalue weighted by molar-refractivity contribution is -0.111. The van der Waals surface area contributed by atoms with Crippen molar-refractivity contribution in [1.29, 1.82) is 0 Å². The number of benzene rings is 1. The molecule has 0 heterocycles. The van der Waals surface area contributed by atoms with Gasteiger partial charge < -0.3 is 24.1 Å². The second-order valence-corrected chi connectivity index (χ2v) is 5.10. The molecule has 0 saturated carbocycles. The van der Waals surface area contributed by atoms with Crippen molar-refractivity contribution in [2.75, 3.05) is 27.6 Å². The molecule has 1 rings (SSSR count). The maximum Gasteiger partial charge on any atom is 0.147 e. The van der Waals surface area contributed by atoms with Gasteiger partial charge in [-0.25, -0.2) is 0 Å². The van der Waals surface area contributed by atoms with Gasteiger partial charge in [-0.2, -0.15) is 0 Å². The Morgan fingerprint density at radius 2 is 1.91 bits per heavy atom. The zero-order valence-electron chi connectivity index (χ0n) is 13.5. The lowest BCUT2D eigenvalue weighted by Gasteiger charge is -2.25. The third-order valence-electron chi connectivity index (χ3n) is 3.34. The average molecular weight is 310 g/mol. The summed E-state index contributed by atoms with van der Waals surface area (Å²) < 4.78 is 21.0. The van der Waals surface area contributed by atoms with Crippen LogP contribution in [0.15, 0.2) is 36.9 Å². The second-order valence-electron chi connectivity index (χ2n) is 5.10. The molecule has 0 aromatic heterocycles. The van der Waals surface area contributed by atoms with Crippen LogP contribution in [0.5, 0.6) is 5.75 Å². The third-order valence-corrected chi connectivity index (χ3v) is 3.34. The molecular weight excluding hydrogens is 284 g/mol. The number of ether oxygens (including phenoxy) is 4. The second kappa shape index (κ2) is 10.3. The van der Waals surface area contributed by atoms with Gasteiger partial charge >= 0.3 is 0 Å². The van der Waals surface area contributed by atoms with Crippen molar-refractivity contribution in [3.8, 4) is 5.75 Å². The molecule has 0 radical (unpaired) electrons. The van der Waals surface area contributed by atoms with Gasteiger partial charge in [-0.05, 0) is 17.7 Å². The van der Waals surface area contributed by atoms with Crippen LogP contribution in [0.1, 0.15) is 12.5 Å². The van der Waals surface area contributed by atoms with Crippen molar-refractivity contribution in [3.05, 3.63) is 42.5 Å². The van der Waals surface area contributed by atoms with Gasteiger partial charge in [-0.3, -0.25) is 0 Å². The summed E-state index contributed by atoms with van der Waals surface area (Å²) in [7, 11) is 3.17. The van der Waals surface area contributed by atoms with Crippen LogP contribution >= 0.6 is 0 Å². The predicted molar refractivity (Wildman–Crippen MR) is 84.8 cm³/mol. The van der Waals surface area contributed by atoms with E-state index >= 15 is 0 Å². The highest BCUT2D eigenvalue weighted by atomic mass is 16.7. The van der Waals surface area contributed by atoms with E-state index in [1.807, 2.05) is 31.2 Å². The van der Waals surface area contributed by atoms with Crippen LogP contribution in [0.25, 0.3) is 0 Å². The molecule has 22 heavy (non-hydrogen) atoms. The normalized spacial score (nSPS) is 15.1. The van der Waals surface area contributed by atoms with Gasteiger partial charge in [-0.1, -0.05) is 25.1 Å². The van der Waals surface area contributed by atoms with Gasteiger partial charge in [0, 0.05) is 13.0 Å². The van der Waals surface area contributed by atoms with Gasteiger partial charge in [0.25, 0.3) is 0 Å². The summed E-state index contributed by atoms with van der Waals surface area (Å²) in [6.45, 7) is 6.60. The molecule has 5 heteroatoms. The van der Waals surface area contributed by atoms with Gasteiger partial charge in [0.15, 0.2) is 0 Å². The molecular formula is C17H26O5. The Balaban J connectivity index is 2.37. The fourth-order valence-electron chi connectivity index (χ4n) is 1.96. The van der Waals surface area contributed by atoms with Crippen molar-refractivity contribution in [1.82, 2.24) is 0 Å². The number of hydrogen-bond donors (Lipinski definition) is 1. The van der Waals surface area contributed by atoms with Gasteiger partial charge in [0.1, 0.15) is 18.6 Å². The van der Waals surface area contributed by atoms with E-state index in [4.69, 9.17) is 18.9 Å². The lowest BCUT2D eigenvalue weighted by atomic mass is 10.0. The van der Waals surface area contributed by atoms with E-state index in [-0.39, 0.29) is 12.7 Å². The highest BCUT2D eigenvalue weighted by Crippen LogP contribution is 2.15. The predicted octanol–water partition coefficient (Wildman–Crippen LogP) is 2.38. The SMILES string of the molecule is C=C[C@@H](OCOC)[C@H](O)[C@@H](C)COCc1ccc(OC)cc1. The highest BCUT2D eigenvalue weighted by molar-refractivity contribution is 5.26. The molecule has 0 aliphatic carbocycles. The van der Waals surface area contributed by atoms with E-state index in [9.17, 15) is 5.11 Å². The van der Waals surface area contributed by atoms with Crippen LogP contribution in [-0.4, -0.2) is 44.9 Å². The smallest absolute Gasteiger partial charge is 0.147 e. The largest absolute Gasteiger partial charge is 0.497 e. The summed E-state index contributed by atoms with van der Waals surface area (Å²) >= 11 is 0. The van der Waals surface area contributed by atoms with E-state index in [1.54, 1.807) is 13.2 Å². The molecule has 124 valence electrons. The Bertz CT molecular complexity index is 418. The van der Waals surface area contributed by atoms with Crippen LogP contribution in [0.2, 0.25) is 0 Å². The number of aliphatic hydroxyl groups is 1. The molecule has 0 aliphatic rings. The maximum absolute atomic E-state index is 10.2. The van der Waals surface area contributed by atoms with Crippen LogP contribution in [0, 0.1) is 5.92 Å². The van der Waals surface area contributed by atoms with E-state index in [0.29, 0.717) is 13.2 Å². The highest BCUT2D eigenvalue weighted by Gasteiger charge is 2.23. The minimum Gasteiger partial charge on any atom is -0.497 e. The lowest BCUT2D eigenvalue weighted by Crippen LogP contribution is -2.35. The van der Waals surface area contributed by atoms with Crippen LogP contribution in [0.3, 0.4) is 0 Å². The van der Waals surface area contributed by atoms with E-state index in [2.05, 4.69) is 6.58 Å². The fourth-order valence-corrected chi connectivity index (χ4v) is 1.96. The average Bonchev–Trinajstić information content (AvgIpc) is 2.55. The molecule has 0 spiro atoms. The van der Waals surface area contributed by atoms with Crippen LogP contribution < -0.4 is 4.74 Å². The molecule has 0 aliphatic heterocycles. The molecule has 1 N–H and O–H groups in total. The molecule has 1 aromatic rings. The number of hydrogen-bond acceptors (Lipinski definition) is 5. The summed E-state index contributed by atoms with van der Waals surface area (Å²) in [6, 6.07) is 7.69. The van der Waals surface area contributed by atoms with Crippen LogP contribution in [-0.2, 0) is 20.8 Å². The molecule has 0 fully saturated rings. The minimum absolute atomic E-state index is 0.0851. The summed E-state index contributed by atoms with van der Waals surface area (Å²) in [5, 5.41) is 10.2. The van der Waals surface area contributed by atoms with Crippen LogP contribution in [0.4, 0.5) is 0 Å². The zero-order chi connectivity index (χ0) is 16.4. The molecule has 5 nitrogen and oxygen atoms in total. The van der Waals surface area contributed by atoms with E-state index < -0.39 is 12.2 Å². The molecule has 0 saturated heterocycles. The van der Waals surface area contributed by atoms with Crippen molar-refractivity contribution >= 4 is 0 Å². The molecule has 3 atom stereocenters. The maximum atomic E-state index is 10.2. The Labute approximate surface area is 132 Å². The number of rotatable bonds is 11. The van der Waals surface area contributed by atoms with Crippen molar-refractivity contribution in [2.45, 2.75) is 25.7 Å². The first-order valence-electron chi connectivity index (χ1n) is 7.24. The van der Waals surface area contributed by atoms with Crippen molar-refractivity contribution < 1.29 is 24.1 Å². The fraction of sp³-hybridized carbons (Fsp3) is 0.529. The zero-order valence-corrected chi connectivity index (χ0v) is 13.5. The molecule has 0 bridgehead atoms. The van der Waals surface area contributed by atoms with Gasteiger partial charge in [0.2, 0.25) is 0 Å². The molecule has 1 aromatic carbocycles. The third kappa shape index (κ3) is 6.15. The molecule has 0 unspecified atom stereocenters. The summed E-state index contributed by atoms with van der Waals surface area (Å²) in [4.78, 5) is 0. The summed E-state index contributed by atoms with van der Waals surface area (Å²) in [5.74, 6) is 0.731.